The van der Waals surface area contributed by atoms with Crippen molar-refractivity contribution in [1.82, 2.24) is 0 Å². The Labute approximate surface area is 145 Å². The fourth-order valence-electron chi connectivity index (χ4n) is 0. The molecule has 0 saturated heterocycles. The summed E-state index contributed by atoms with van der Waals surface area (Å²) in [5.74, 6) is 0. The average molecular weight is 804 g/mol. The smallest absolute Gasteiger partial charge is 3.00 e. The van der Waals surface area contributed by atoms with E-state index in [0.717, 1.165) is 0 Å². The predicted octanol–water partition coefficient (Wildman–Crippen LogP) is -9.75. The van der Waals surface area contributed by atoms with Crippen molar-refractivity contribution in [3.05, 3.63) is 0 Å². The van der Waals surface area contributed by atoms with Crippen LogP contribution in [0.1, 0.15) is 0 Å². The zero-order valence-corrected chi connectivity index (χ0v) is 20.9. The van der Waals surface area contributed by atoms with Crippen LogP contribution in [0.4, 0.5) is 0 Å². The van der Waals surface area contributed by atoms with Crippen molar-refractivity contribution in [2.45, 2.75) is 0 Å². The molecule has 0 unspecified atom stereocenters. The van der Waals surface area contributed by atoms with Crippen LogP contribution in [-0.2, 0) is 18.6 Å². The fourth-order valence-corrected chi connectivity index (χ4v) is 0. The van der Waals surface area contributed by atoms with Gasteiger partial charge in [-0.1, -0.05) is 0 Å². The summed E-state index contributed by atoms with van der Waals surface area (Å²) in [4.78, 5) is 0. The Morgan fingerprint density at radius 1 is 0.412 bits per heavy atom. The van der Waals surface area contributed by atoms with Gasteiger partial charge in [-0.3, -0.25) is 0 Å². The minimum Gasteiger partial charge on any atom is 3.00 e. The number of rotatable bonds is 0. The largest absolute Gasteiger partial charge is 3.00 e. The Bertz CT molecular complexity index is 341. The van der Waals surface area contributed by atoms with Gasteiger partial charge in [0.1, 0.15) is 0 Å². The molecule has 0 fully saturated rings. The summed E-state index contributed by atoms with van der Waals surface area (Å²) in [6.45, 7) is 0. The molecule has 17 heteroatoms. The van der Waals surface area contributed by atoms with Gasteiger partial charge in [0.15, 0.2) is 0 Å². The van der Waals surface area contributed by atoms with Gasteiger partial charge in [-0.25, -0.2) is 0 Å². The van der Waals surface area contributed by atoms with Gasteiger partial charge in [-0.15, -0.1) is 0 Å². The van der Waals surface area contributed by atoms with Crippen LogP contribution >= 0.6 is 0 Å². The van der Waals surface area contributed by atoms with Gasteiger partial charge in [0.2, 0.25) is 0 Å². The van der Waals surface area contributed by atoms with Gasteiger partial charge >= 0.3 is 148 Å². The molecule has 0 aliphatic heterocycles. The zero-order chi connectivity index (χ0) is 13.5. The molecule has 0 aromatic rings. The van der Waals surface area contributed by atoms with Crippen molar-refractivity contribution >= 4 is 109 Å². The first-order valence-corrected chi connectivity index (χ1v) is 13.4. The van der Waals surface area contributed by atoms with Crippen molar-refractivity contribution in [3.8, 4) is 0 Å². The standard InChI is InChI=1S/2In.3H2O4Te/c;;3*1-5(2,3)4/h;;3*(H2,1,2,3,4)/q2*+3;;;/p-6. The van der Waals surface area contributed by atoms with Crippen LogP contribution in [0.5, 0.6) is 0 Å². The maximum absolute atomic E-state index is 8.63. The first-order chi connectivity index (χ1) is 6.00. The van der Waals surface area contributed by atoms with Crippen molar-refractivity contribution < 1.29 is 39.5 Å². The molecule has 0 N–H and O–H groups in total. The second-order valence-corrected chi connectivity index (χ2v) is 8.22. The molecule has 0 saturated carbocycles. The molecule has 17 heavy (non-hydrogen) atoms. The Morgan fingerprint density at radius 3 is 0.412 bits per heavy atom. The average Bonchev–Trinajstić information content (AvgIpc) is 1.41. The van der Waals surface area contributed by atoms with Crippen LogP contribution in [0.3, 0.4) is 0 Å². The molecule has 0 radical (unpaired) electrons. The van der Waals surface area contributed by atoms with Crippen LogP contribution in [0.25, 0.3) is 0 Å². The number of hydrogen-bond acceptors (Lipinski definition) is 12. The molecule has 0 bridgehead atoms. The Morgan fingerprint density at radius 2 is 0.412 bits per heavy atom. The molecule has 12 nitrogen and oxygen atoms in total. The van der Waals surface area contributed by atoms with Crippen LogP contribution in [0.15, 0.2) is 0 Å². The van der Waals surface area contributed by atoms with Gasteiger partial charge in [0.05, 0.1) is 0 Å². The molecule has 0 aromatic heterocycles. The van der Waals surface area contributed by atoms with E-state index in [2.05, 4.69) is 0 Å². The van der Waals surface area contributed by atoms with Gasteiger partial charge in [-0.2, -0.15) is 0 Å². The van der Waals surface area contributed by atoms with Crippen LogP contribution < -0.4 is 20.8 Å². The molecule has 0 amide bonds. The molecule has 0 aliphatic rings. The second-order valence-electron chi connectivity index (χ2n) is 1.22. The van der Waals surface area contributed by atoms with Crippen LogP contribution in [0.2, 0.25) is 0 Å². The van der Waals surface area contributed by atoms with Crippen molar-refractivity contribution in [2.75, 3.05) is 0 Å². The maximum atomic E-state index is 8.63. The summed E-state index contributed by atoms with van der Waals surface area (Å²) in [5, 5.41) is 0. The van der Waals surface area contributed by atoms with Gasteiger partial charge in [0, 0.05) is 0 Å². The summed E-state index contributed by atoms with van der Waals surface area (Å²) in [6, 6.07) is 0. The molecule has 0 rings (SSSR count). The first-order valence-electron chi connectivity index (χ1n) is 2.00. The Kier molecular flexibility index (Phi) is 25.6. The van der Waals surface area contributed by atoms with E-state index in [-0.39, 0.29) is 51.7 Å². The zero-order valence-electron chi connectivity index (χ0n) is 7.28. The summed E-state index contributed by atoms with van der Waals surface area (Å²) < 4.78 is 104. The quantitative estimate of drug-likeness (QED) is 0.208. The molecule has 0 atom stereocenters. The molecular formula is In2O12Te3. The third-order valence-electron chi connectivity index (χ3n) is 0. The van der Waals surface area contributed by atoms with E-state index >= 15 is 0 Å². The normalized spacial score (nSPS) is 10.2. The first kappa shape index (κ1) is 31.9. The molecule has 0 heterocycles. The summed E-state index contributed by atoms with van der Waals surface area (Å²) in [5.41, 5.74) is 0. The molecular weight excluding hydrogens is 804 g/mol. The molecule has 0 spiro atoms. The number of hydrogen-bond donors (Lipinski definition) is 0. The van der Waals surface area contributed by atoms with E-state index in [0.29, 0.717) is 0 Å². The van der Waals surface area contributed by atoms with Gasteiger partial charge < -0.3 is 0 Å². The van der Waals surface area contributed by atoms with E-state index in [1.807, 2.05) is 0 Å². The summed E-state index contributed by atoms with van der Waals surface area (Å²) >= 11 is -18.1. The van der Waals surface area contributed by atoms with Crippen LogP contribution in [-0.4, -0.2) is 109 Å². The minimum atomic E-state index is -6.02. The topological polar surface area (TPSA) is 241 Å². The second kappa shape index (κ2) is 13.6. The third kappa shape index (κ3) is 728. The van der Waals surface area contributed by atoms with Crippen molar-refractivity contribution in [1.29, 1.82) is 0 Å². The Balaban J connectivity index is -0.0000000400. The van der Waals surface area contributed by atoms with E-state index in [1.165, 1.54) is 0 Å². The summed E-state index contributed by atoms with van der Waals surface area (Å²) in [6.07, 6.45) is 0. The van der Waals surface area contributed by atoms with E-state index in [1.54, 1.807) is 0 Å². The predicted molar refractivity (Wildman–Crippen MR) is 32.9 cm³/mol. The van der Waals surface area contributed by atoms with Crippen molar-refractivity contribution in [3.63, 3.8) is 0 Å². The summed E-state index contributed by atoms with van der Waals surface area (Å²) in [7, 11) is 0. The molecule has 0 aliphatic carbocycles. The maximum Gasteiger partial charge on any atom is 3.00 e. The Hall–Kier alpha value is 2.67. The van der Waals surface area contributed by atoms with E-state index in [9.17, 15) is 0 Å². The SMILES string of the molecule is O=[Te](=O)([O-])[O-].O=[Te](=O)([O-])[O-].O=[Te](=O)([O-])[O-].[In+3].[In+3]. The minimum absolute atomic E-state index is 0. The van der Waals surface area contributed by atoms with E-state index in [4.69, 9.17) is 39.5 Å². The molecule has 0 aromatic carbocycles. The fraction of sp³-hybridized carbons (Fsp3) is 0. The monoisotopic (exact) mass is 811 g/mol. The van der Waals surface area contributed by atoms with Gasteiger partial charge in [0.25, 0.3) is 0 Å². The van der Waals surface area contributed by atoms with Gasteiger partial charge in [-0.05, 0) is 0 Å². The third-order valence-corrected chi connectivity index (χ3v) is 0. The van der Waals surface area contributed by atoms with Crippen molar-refractivity contribution in [2.24, 2.45) is 0 Å². The molecule has 96 valence electrons. The van der Waals surface area contributed by atoms with Crippen LogP contribution in [0, 0.1) is 0 Å². The van der Waals surface area contributed by atoms with E-state index < -0.39 is 56.9 Å².